The molecule has 0 radical (unpaired) electrons. The molecule has 0 aliphatic carbocycles. The molecule has 1 aromatic rings. The fourth-order valence-corrected chi connectivity index (χ4v) is 1.86. The van der Waals surface area contributed by atoms with E-state index in [9.17, 15) is 26.3 Å². The van der Waals surface area contributed by atoms with E-state index in [4.69, 9.17) is 0 Å². The largest absolute Gasteiger partial charge is 0.417 e. The molecule has 1 atom stereocenters. The van der Waals surface area contributed by atoms with Crippen LogP contribution in [0.3, 0.4) is 0 Å². The Morgan fingerprint density at radius 3 is 1.94 bits per heavy atom. The molecule has 96 valence electrons. The molecule has 17 heavy (non-hydrogen) atoms. The van der Waals surface area contributed by atoms with Gasteiger partial charge >= 0.3 is 12.4 Å². The second-order valence-electron chi connectivity index (χ2n) is 3.14. The molecule has 0 N–H and O–H groups in total. The van der Waals surface area contributed by atoms with Crippen LogP contribution in [0.2, 0.25) is 0 Å². The molecule has 0 bridgehead atoms. The highest BCUT2D eigenvalue weighted by Crippen LogP contribution is 2.43. The van der Waals surface area contributed by atoms with E-state index in [1.807, 2.05) is 0 Å². The van der Waals surface area contributed by atoms with Crippen molar-refractivity contribution in [1.29, 1.82) is 0 Å². The summed E-state index contributed by atoms with van der Waals surface area (Å²) < 4.78 is 74.1. The van der Waals surface area contributed by atoms with E-state index in [0.29, 0.717) is 6.07 Å². The van der Waals surface area contributed by atoms with Gasteiger partial charge in [-0.3, -0.25) is 0 Å². The highest BCUT2D eigenvalue weighted by molar-refractivity contribution is 9.10. The van der Waals surface area contributed by atoms with Crippen LogP contribution in [0.4, 0.5) is 26.3 Å². The van der Waals surface area contributed by atoms with Gasteiger partial charge in [-0.05, 0) is 17.7 Å². The first-order chi connectivity index (χ1) is 7.53. The van der Waals surface area contributed by atoms with E-state index < -0.39 is 28.3 Å². The van der Waals surface area contributed by atoms with Gasteiger partial charge in [-0.15, -0.1) is 0 Å². The average Bonchev–Trinajstić information content (AvgIpc) is 2.14. The van der Waals surface area contributed by atoms with Crippen LogP contribution in [-0.4, -0.2) is 6.18 Å². The van der Waals surface area contributed by atoms with Crippen molar-refractivity contribution >= 4 is 31.9 Å². The molecule has 0 nitrogen and oxygen atoms in total. The highest BCUT2D eigenvalue weighted by atomic mass is 79.9. The predicted octanol–water partition coefficient (Wildman–Crippen LogP) is 5.47. The van der Waals surface area contributed by atoms with Gasteiger partial charge in [0, 0.05) is 4.47 Å². The lowest BCUT2D eigenvalue weighted by Crippen LogP contribution is -2.16. The Morgan fingerprint density at radius 1 is 1.00 bits per heavy atom. The van der Waals surface area contributed by atoms with Crippen molar-refractivity contribution in [1.82, 2.24) is 0 Å². The maximum absolute atomic E-state index is 12.5. The summed E-state index contributed by atoms with van der Waals surface area (Å²) in [5, 5.41) is 0. The molecular weight excluding hydrogens is 382 g/mol. The third-order valence-electron chi connectivity index (χ3n) is 1.88. The van der Waals surface area contributed by atoms with E-state index in [0.717, 1.165) is 12.1 Å². The minimum Gasteiger partial charge on any atom is -0.169 e. The van der Waals surface area contributed by atoms with Crippen LogP contribution in [0, 0.1) is 0 Å². The van der Waals surface area contributed by atoms with Crippen LogP contribution in [0.15, 0.2) is 22.7 Å². The van der Waals surface area contributed by atoms with Crippen molar-refractivity contribution in [3.8, 4) is 0 Å². The molecule has 8 heteroatoms. The number of alkyl halides is 7. The van der Waals surface area contributed by atoms with Crippen molar-refractivity contribution in [3.63, 3.8) is 0 Å². The normalized spacial score (nSPS) is 14.8. The van der Waals surface area contributed by atoms with Crippen LogP contribution in [0.25, 0.3) is 0 Å². The van der Waals surface area contributed by atoms with Crippen molar-refractivity contribution in [2.75, 3.05) is 0 Å². The van der Waals surface area contributed by atoms with Gasteiger partial charge in [0.2, 0.25) is 0 Å². The summed E-state index contributed by atoms with van der Waals surface area (Å²) in [6, 6.07) is 2.39. The fourth-order valence-electron chi connectivity index (χ4n) is 1.11. The SMILES string of the molecule is FC(F)(F)c1cc(C(Br)C(F)(F)F)ccc1Br. The highest BCUT2D eigenvalue weighted by Gasteiger charge is 2.40. The quantitative estimate of drug-likeness (QED) is 0.444. The van der Waals surface area contributed by atoms with E-state index in [1.165, 1.54) is 0 Å². The van der Waals surface area contributed by atoms with Gasteiger partial charge in [0.25, 0.3) is 0 Å². The zero-order valence-corrected chi connectivity index (χ0v) is 11.0. The van der Waals surface area contributed by atoms with Crippen molar-refractivity contribution in [2.24, 2.45) is 0 Å². The second-order valence-corrected chi connectivity index (χ2v) is 4.91. The minimum atomic E-state index is -4.70. The summed E-state index contributed by atoms with van der Waals surface area (Å²) in [5.74, 6) is 0. The van der Waals surface area contributed by atoms with Crippen molar-refractivity contribution in [3.05, 3.63) is 33.8 Å². The van der Waals surface area contributed by atoms with Gasteiger partial charge in [0.15, 0.2) is 0 Å². The van der Waals surface area contributed by atoms with Gasteiger partial charge in [-0.1, -0.05) is 37.9 Å². The average molecular weight is 386 g/mol. The maximum Gasteiger partial charge on any atom is 0.417 e. The number of hydrogen-bond donors (Lipinski definition) is 0. The Kier molecular flexibility index (Phi) is 4.18. The molecule has 0 spiro atoms. The molecule has 1 unspecified atom stereocenters. The lowest BCUT2D eigenvalue weighted by atomic mass is 10.1. The summed E-state index contributed by atoms with van der Waals surface area (Å²) >= 11 is 4.97. The van der Waals surface area contributed by atoms with Gasteiger partial charge < -0.3 is 0 Å². The Labute approximate surface area is 109 Å². The van der Waals surface area contributed by atoms with Gasteiger partial charge in [-0.25, -0.2) is 0 Å². The Balaban J connectivity index is 3.23. The number of hydrogen-bond acceptors (Lipinski definition) is 0. The van der Waals surface area contributed by atoms with Crippen LogP contribution >= 0.6 is 31.9 Å². The molecule has 0 saturated carbocycles. The minimum absolute atomic E-state index is 0.296. The zero-order valence-electron chi connectivity index (χ0n) is 7.83. The Hall–Kier alpha value is -0.240. The van der Waals surface area contributed by atoms with Crippen LogP contribution in [-0.2, 0) is 6.18 Å². The topological polar surface area (TPSA) is 0 Å². The summed E-state index contributed by atoms with van der Waals surface area (Å²) in [7, 11) is 0. The molecule has 0 heterocycles. The standard InChI is InChI=1S/C9H4Br2F6/c10-6-2-1-4(7(11)9(15,16)17)3-5(6)8(12,13)14/h1-3,7H. The first-order valence-corrected chi connectivity index (χ1v) is 5.82. The van der Waals surface area contributed by atoms with E-state index in [2.05, 4.69) is 31.9 Å². The fraction of sp³-hybridized carbons (Fsp3) is 0.333. The van der Waals surface area contributed by atoms with E-state index in [-0.39, 0.29) is 4.47 Å². The van der Waals surface area contributed by atoms with Crippen LogP contribution in [0.5, 0.6) is 0 Å². The van der Waals surface area contributed by atoms with E-state index in [1.54, 1.807) is 0 Å². The summed E-state index contributed by atoms with van der Waals surface area (Å²) in [4.78, 5) is -2.12. The first kappa shape index (κ1) is 14.8. The molecular formula is C9H4Br2F6. The molecule has 0 aromatic heterocycles. The number of rotatable bonds is 1. The molecule has 0 aliphatic heterocycles. The van der Waals surface area contributed by atoms with Gasteiger partial charge in [0.1, 0.15) is 4.83 Å². The summed E-state index contributed by atoms with van der Waals surface area (Å²) in [6.07, 6.45) is -9.34. The van der Waals surface area contributed by atoms with Crippen molar-refractivity contribution in [2.45, 2.75) is 17.2 Å². The number of benzene rings is 1. The lowest BCUT2D eigenvalue weighted by molar-refractivity contribution is -0.139. The molecule has 0 saturated heterocycles. The van der Waals surface area contributed by atoms with Gasteiger partial charge in [0.05, 0.1) is 5.56 Å². The molecule has 0 aliphatic rings. The maximum atomic E-state index is 12.5. The predicted molar refractivity (Wildman–Crippen MR) is 56.9 cm³/mol. The van der Waals surface area contributed by atoms with Gasteiger partial charge in [-0.2, -0.15) is 26.3 Å². The van der Waals surface area contributed by atoms with Crippen molar-refractivity contribution < 1.29 is 26.3 Å². The molecule has 0 amide bonds. The van der Waals surface area contributed by atoms with E-state index >= 15 is 0 Å². The second kappa shape index (κ2) is 4.79. The smallest absolute Gasteiger partial charge is 0.169 e. The third kappa shape index (κ3) is 3.61. The molecule has 1 rings (SSSR count). The third-order valence-corrected chi connectivity index (χ3v) is 3.62. The van der Waals surface area contributed by atoms with Crippen LogP contribution in [0.1, 0.15) is 16.0 Å². The Bertz CT molecular complexity index is 409. The Morgan fingerprint density at radius 2 is 1.53 bits per heavy atom. The first-order valence-electron chi connectivity index (χ1n) is 4.11. The molecule has 0 fully saturated rings. The number of halogens is 8. The monoisotopic (exact) mass is 384 g/mol. The summed E-state index contributed by atoms with van der Waals surface area (Å²) in [5.41, 5.74) is -1.63. The lowest BCUT2D eigenvalue weighted by Gasteiger charge is -2.17. The molecule has 1 aromatic carbocycles. The zero-order chi connectivity index (χ0) is 13.4. The summed E-state index contributed by atoms with van der Waals surface area (Å²) in [6.45, 7) is 0. The van der Waals surface area contributed by atoms with Crippen LogP contribution < -0.4 is 0 Å².